The largest absolute Gasteiger partial charge is 0.469 e. The van der Waals surface area contributed by atoms with Gasteiger partial charge in [0, 0.05) is 12.6 Å². The molecule has 4 nitrogen and oxygen atoms in total. The molecule has 1 fully saturated rings. The lowest BCUT2D eigenvalue weighted by Gasteiger charge is -2.35. The predicted molar refractivity (Wildman–Crippen MR) is 76.7 cm³/mol. The van der Waals surface area contributed by atoms with Gasteiger partial charge in [0.25, 0.3) is 5.91 Å². The molecule has 1 atom stereocenters. The monoisotopic (exact) mass is 313 g/mol. The number of rotatable bonds is 3. The molecule has 1 aromatic carbocycles. The van der Waals surface area contributed by atoms with Crippen molar-refractivity contribution in [2.75, 3.05) is 13.7 Å². The summed E-state index contributed by atoms with van der Waals surface area (Å²) < 4.78 is 17.8. The SMILES string of the molecule is COC(=O)CC1CCCCN1C(=O)c1ccc(F)cc1Cl. The highest BCUT2D eigenvalue weighted by Crippen LogP contribution is 2.25. The molecule has 2 rings (SSSR count). The number of halogens is 2. The predicted octanol–water partition coefficient (Wildman–Crippen LogP) is 3.04. The Kier molecular flexibility index (Phi) is 5.17. The van der Waals surface area contributed by atoms with Crippen molar-refractivity contribution in [3.63, 3.8) is 0 Å². The molecule has 0 N–H and O–H groups in total. The zero-order valence-electron chi connectivity index (χ0n) is 11.8. The lowest BCUT2D eigenvalue weighted by molar-refractivity contribution is -0.142. The smallest absolute Gasteiger partial charge is 0.307 e. The van der Waals surface area contributed by atoms with Crippen molar-refractivity contribution in [2.45, 2.75) is 31.7 Å². The molecule has 0 bridgehead atoms. The van der Waals surface area contributed by atoms with Gasteiger partial charge in [-0.15, -0.1) is 0 Å². The summed E-state index contributed by atoms with van der Waals surface area (Å²) >= 11 is 5.95. The molecule has 114 valence electrons. The highest BCUT2D eigenvalue weighted by molar-refractivity contribution is 6.33. The third-order valence-corrected chi connectivity index (χ3v) is 3.99. The van der Waals surface area contributed by atoms with Crippen molar-refractivity contribution < 1.29 is 18.7 Å². The number of benzene rings is 1. The van der Waals surface area contributed by atoms with Crippen LogP contribution in [-0.2, 0) is 9.53 Å². The summed E-state index contributed by atoms with van der Waals surface area (Å²) in [5.41, 5.74) is 0.259. The number of ether oxygens (including phenoxy) is 1. The molecule has 1 aliphatic rings. The number of hydrogen-bond donors (Lipinski definition) is 0. The van der Waals surface area contributed by atoms with Crippen molar-refractivity contribution in [2.24, 2.45) is 0 Å². The van der Waals surface area contributed by atoms with E-state index < -0.39 is 5.82 Å². The van der Waals surface area contributed by atoms with E-state index in [1.54, 1.807) is 4.90 Å². The molecule has 21 heavy (non-hydrogen) atoms. The summed E-state index contributed by atoms with van der Waals surface area (Å²) in [6, 6.07) is 3.51. The van der Waals surface area contributed by atoms with Crippen LogP contribution in [0.5, 0.6) is 0 Å². The van der Waals surface area contributed by atoms with Crippen LogP contribution in [-0.4, -0.2) is 36.5 Å². The van der Waals surface area contributed by atoms with Crippen LogP contribution in [0.15, 0.2) is 18.2 Å². The van der Waals surface area contributed by atoms with E-state index >= 15 is 0 Å². The van der Waals surface area contributed by atoms with Gasteiger partial charge in [0.15, 0.2) is 0 Å². The van der Waals surface area contributed by atoms with Crippen LogP contribution < -0.4 is 0 Å². The Hall–Kier alpha value is -1.62. The van der Waals surface area contributed by atoms with E-state index in [0.717, 1.165) is 25.3 Å². The van der Waals surface area contributed by atoms with E-state index in [2.05, 4.69) is 4.74 Å². The van der Waals surface area contributed by atoms with Crippen LogP contribution in [0, 0.1) is 5.82 Å². The van der Waals surface area contributed by atoms with Gasteiger partial charge in [-0.05, 0) is 37.5 Å². The minimum Gasteiger partial charge on any atom is -0.469 e. The molecule has 1 amide bonds. The van der Waals surface area contributed by atoms with Gasteiger partial charge in [-0.1, -0.05) is 11.6 Å². The van der Waals surface area contributed by atoms with Gasteiger partial charge in [0.05, 0.1) is 24.1 Å². The molecular formula is C15H17ClFNO3. The maximum Gasteiger partial charge on any atom is 0.307 e. The van der Waals surface area contributed by atoms with Gasteiger partial charge in [-0.3, -0.25) is 9.59 Å². The Bertz CT molecular complexity index is 550. The van der Waals surface area contributed by atoms with E-state index in [1.807, 2.05) is 0 Å². The molecular weight excluding hydrogens is 297 g/mol. The third kappa shape index (κ3) is 3.73. The first kappa shape index (κ1) is 15.8. The zero-order valence-corrected chi connectivity index (χ0v) is 12.5. The fourth-order valence-corrected chi connectivity index (χ4v) is 2.82. The Morgan fingerprint density at radius 3 is 2.86 bits per heavy atom. The molecule has 0 radical (unpaired) electrons. The van der Waals surface area contributed by atoms with E-state index in [-0.39, 0.29) is 34.9 Å². The summed E-state index contributed by atoms with van der Waals surface area (Å²) in [7, 11) is 1.33. The van der Waals surface area contributed by atoms with Gasteiger partial charge in [0.1, 0.15) is 5.82 Å². The molecule has 1 aliphatic heterocycles. The Morgan fingerprint density at radius 2 is 2.19 bits per heavy atom. The van der Waals surface area contributed by atoms with Crippen molar-refractivity contribution >= 4 is 23.5 Å². The second-order valence-electron chi connectivity index (χ2n) is 5.05. The van der Waals surface area contributed by atoms with Gasteiger partial charge in [0.2, 0.25) is 0 Å². The van der Waals surface area contributed by atoms with Crippen molar-refractivity contribution in [1.29, 1.82) is 0 Å². The summed E-state index contributed by atoms with van der Waals surface area (Å²) in [5.74, 6) is -1.10. The van der Waals surface area contributed by atoms with Crippen LogP contribution in [0.1, 0.15) is 36.0 Å². The number of carbonyl (C=O) groups is 2. The Morgan fingerprint density at radius 1 is 1.43 bits per heavy atom. The number of esters is 1. The zero-order chi connectivity index (χ0) is 15.4. The molecule has 0 saturated carbocycles. The number of piperidine rings is 1. The first-order valence-corrected chi connectivity index (χ1v) is 7.23. The lowest BCUT2D eigenvalue weighted by Crippen LogP contribution is -2.45. The van der Waals surface area contributed by atoms with Crippen molar-refractivity contribution in [1.82, 2.24) is 4.90 Å². The number of carbonyl (C=O) groups excluding carboxylic acids is 2. The summed E-state index contributed by atoms with van der Waals surface area (Å²) in [5, 5.41) is 0.0855. The van der Waals surface area contributed by atoms with Crippen LogP contribution in [0.2, 0.25) is 5.02 Å². The summed E-state index contributed by atoms with van der Waals surface area (Å²) in [6.45, 7) is 0.564. The van der Waals surface area contributed by atoms with E-state index in [9.17, 15) is 14.0 Å². The maximum absolute atomic E-state index is 13.1. The van der Waals surface area contributed by atoms with Crippen LogP contribution in [0.25, 0.3) is 0 Å². The molecule has 0 aliphatic carbocycles. The van der Waals surface area contributed by atoms with Gasteiger partial charge < -0.3 is 9.64 Å². The van der Waals surface area contributed by atoms with Gasteiger partial charge in [-0.2, -0.15) is 0 Å². The average Bonchev–Trinajstić information content (AvgIpc) is 2.47. The van der Waals surface area contributed by atoms with Crippen LogP contribution >= 0.6 is 11.6 Å². The van der Waals surface area contributed by atoms with E-state index in [0.29, 0.717) is 6.54 Å². The highest BCUT2D eigenvalue weighted by atomic mass is 35.5. The Labute approximate surface area is 127 Å². The van der Waals surface area contributed by atoms with E-state index in [4.69, 9.17) is 11.6 Å². The fourth-order valence-electron chi connectivity index (χ4n) is 2.57. The first-order chi connectivity index (χ1) is 10.0. The first-order valence-electron chi connectivity index (χ1n) is 6.85. The van der Waals surface area contributed by atoms with E-state index in [1.165, 1.54) is 19.2 Å². The minimum absolute atomic E-state index is 0.0855. The Balaban J connectivity index is 2.20. The second-order valence-corrected chi connectivity index (χ2v) is 5.46. The number of amides is 1. The average molecular weight is 314 g/mol. The standard InChI is InChI=1S/C15H17ClFNO3/c1-21-14(19)9-11-4-2-3-7-18(11)15(20)12-6-5-10(17)8-13(12)16/h5-6,8,11H,2-4,7,9H2,1H3. The number of nitrogens with zero attached hydrogens (tertiary/aromatic N) is 1. The number of hydrogen-bond acceptors (Lipinski definition) is 3. The summed E-state index contributed by atoms with van der Waals surface area (Å²) in [4.78, 5) is 25.7. The molecule has 1 aromatic rings. The fraction of sp³-hybridized carbons (Fsp3) is 0.467. The molecule has 1 unspecified atom stereocenters. The third-order valence-electron chi connectivity index (χ3n) is 3.68. The van der Waals surface area contributed by atoms with Crippen molar-refractivity contribution in [3.05, 3.63) is 34.6 Å². The number of methoxy groups -OCH3 is 1. The lowest BCUT2D eigenvalue weighted by atomic mass is 9.98. The van der Waals surface area contributed by atoms with Gasteiger partial charge in [-0.25, -0.2) is 4.39 Å². The topological polar surface area (TPSA) is 46.6 Å². The quantitative estimate of drug-likeness (QED) is 0.806. The molecule has 1 saturated heterocycles. The number of likely N-dealkylation sites (tertiary alicyclic amines) is 1. The molecule has 1 heterocycles. The molecule has 0 spiro atoms. The van der Waals surface area contributed by atoms with Crippen molar-refractivity contribution in [3.8, 4) is 0 Å². The molecule has 0 aromatic heterocycles. The van der Waals surface area contributed by atoms with Crippen LogP contribution in [0.4, 0.5) is 4.39 Å². The van der Waals surface area contributed by atoms with Gasteiger partial charge >= 0.3 is 5.97 Å². The summed E-state index contributed by atoms with van der Waals surface area (Å²) in [6.07, 6.45) is 2.76. The van der Waals surface area contributed by atoms with Crippen LogP contribution in [0.3, 0.4) is 0 Å². The minimum atomic E-state index is -0.485. The highest BCUT2D eigenvalue weighted by Gasteiger charge is 2.30. The normalized spacial score (nSPS) is 18.4. The maximum atomic E-state index is 13.1. The molecule has 6 heteroatoms. The second kappa shape index (κ2) is 6.89.